The Bertz CT molecular complexity index is 1360. The smallest absolute Gasteiger partial charge is 0.407 e. The Morgan fingerprint density at radius 1 is 1.08 bits per heavy atom. The summed E-state index contributed by atoms with van der Waals surface area (Å²) in [7, 11) is 2.51. The predicted octanol–water partition coefficient (Wildman–Crippen LogP) is 3.33. The minimum absolute atomic E-state index is 0.0693. The highest BCUT2D eigenvalue weighted by atomic mass is 19.1. The first-order valence-corrected chi connectivity index (χ1v) is 11.9. The molecule has 2 amide bonds. The summed E-state index contributed by atoms with van der Waals surface area (Å²) in [4.78, 5) is 34.7. The minimum atomic E-state index is -1.10. The fourth-order valence-corrected chi connectivity index (χ4v) is 4.55. The number of methoxy groups -OCH3 is 2. The molecule has 206 valence electrons. The molecule has 0 aliphatic carbocycles. The maximum absolute atomic E-state index is 14.6. The maximum atomic E-state index is 14.6. The van der Waals surface area contributed by atoms with Gasteiger partial charge in [-0.15, -0.1) is 0 Å². The van der Waals surface area contributed by atoms with Gasteiger partial charge in [0.05, 0.1) is 43.4 Å². The Labute approximate surface area is 222 Å². The van der Waals surface area contributed by atoms with Gasteiger partial charge in [-0.3, -0.25) is 9.78 Å². The van der Waals surface area contributed by atoms with Crippen molar-refractivity contribution < 1.29 is 32.2 Å². The summed E-state index contributed by atoms with van der Waals surface area (Å²) in [6, 6.07) is 4.72. The van der Waals surface area contributed by atoms with Crippen molar-refractivity contribution in [2.45, 2.75) is 19.0 Å². The van der Waals surface area contributed by atoms with E-state index in [1.165, 1.54) is 20.4 Å². The van der Waals surface area contributed by atoms with Crippen LogP contribution in [0.3, 0.4) is 0 Å². The zero-order valence-corrected chi connectivity index (χ0v) is 21.4. The van der Waals surface area contributed by atoms with E-state index in [9.17, 15) is 22.8 Å². The zero-order valence-electron chi connectivity index (χ0n) is 21.4. The third-order valence-electron chi connectivity index (χ3n) is 6.44. The predicted molar refractivity (Wildman–Crippen MR) is 137 cm³/mol. The van der Waals surface area contributed by atoms with Crippen molar-refractivity contribution in [1.82, 2.24) is 15.3 Å². The minimum Gasteiger partial charge on any atom is -0.497 e. The third kappa shape index (κ3) is 5.87. The topological polar surface area (TPSA) is 132 Å². The van der Waals surface area contributed by atoms with Crippen molar-refractivity contribution in [1.29, 1.82) is 0 Å². The Morgan fingerprint density at radius 3 is 2.44 bits per heavy atom. The number of hydrogen-bond acceptors (Lipinski definition) is 8. The van der Waals surface area contributed by atoms with Crippen molar-refractivity contribution in [2.24, 2.45) is 11.7 Å². The normalized spacial score (nSPS) is 18.8. The van der Waals surface area contributed by atoms with Gasteiger partial charge in [-0.1, -0.05) is 6.92 Å². The lowest BCUT2D eigenvalue weighted by Crippen LogP contribution is -2.62. The second-order valence-corrected chi connectivity index (χ2v) is 9.05. The van der Waals surface area contributed by atoms with Crippen LogP contribution >= 0.6 is 0 Å². The van der Waals surface area contributed by atoms with Crippen LogP contribution in [0.25, 0.3) is 11.3 Å². The molecule has 1 aliphatic heterocycles. The third-order valence-corrected chi connectivity index (χ3v) is 6.44. The average molecular weight is 545 g/mol. The molecule has 0 bridgehead atoms. The van der Waals surface area contributed by atoms with Crippen molar-refractivity contribution in [3.8, 4) is 17.0 Å². The van der Waals surface area contributed by atoms with Crippen LogP contribution in [0, 0.1) is 23.4 Å². The number of amides is 2. The van der Waals surface area contributed by atoms with E-state index in [0.717, 1.165) is 24.3 Å². The molecular formula is C26H27F3N6O4. The highest BCUT2D eigenvalue weighted by molar-refractivity contribution is 6.04. The molecule has 3 heterocycles. The molecule has 1 fully saturated rings. The Kier molecular flexibility index (Phi) is 8.19. The van der Waals surface area contributed by atoms with Crippen molar-refractivity contribution in [2.75, 3.05) is 37.5 Å². The number of rotatable bonds is 6. The van der Waals surface area contributed by atoms with Gasteiger partial charge in [0, 0.05) is 37.5 Å². The van der Waals surface area contributed by atoms with Crippen LogP contribution in [-0.4, -0.2) is 61.4 Å². The summed E-state index contributed by atoms with van der Waals surface area (Å²) in [6.45, 7) is 2.76. The fraction of sp³-hybridized carbons (Fsp3) is 0.308. The Hall–Kier alpha value is -4.39. The lowest BCUT2D eigenvalue weighted by atomic mass is 9.90. The van der Waals surface area contributed by atoms with E-state index >= 15 is 0 Å². The molecule has 3 aromatic rings. The molecule has 0 spiro atoms. The van der Waals surface area contributed by atoms with Gasteiger partial charge in [0.2, 0.25) is 0 Å². The average Bonchev–Trinajstić information content (AvgIpc) is 2.91. The highest BCUT2D eigenvalue weighted by Gasteiger charge is 2.34. The van der Waals surface area contributed by atoms with E-state index < -0.39 is 46.8 Å². The molecule has 4 N–H and O–H groups in total. The fourth-order valence-electron chi connectivity index (χ4n) is 4.55. The molecule has 1 saturated heterocycles. The largest absolute Gasteiger partial charge is 0.497 e. The van der Waals surface area contributed by atoms with E-state index in [1.807, 2.05) is 11.8 Å². The van der Waals surface area contributed by atoms with Gasteiger partial charge in [-0.2, -0.15) is 0 Å². The van der Waals surface area contributed by atoms with Crippen LogP contribution < -0.4 is 26.0 Å². The van der Waals surface area contributed by atoms with Crippen LogP contribution in [0.15, 0.2) is 42.7 Å². The second-order valence-electron chi connectivity index (χ2n) is 9.05. The lowest BCUT2D eigenvalue weighted by Gasteiger charge is -2.42. The molecule has 13 heteroatoms. The number of alkyl carbamates (subject to hydrolysis) is 1. The molecule has 10 nitrogen and oxygen atoms in total. The van der Waals surface area contributed by atoms with Gasteiger partial charge < -0.3 is 30.7 Å². The van der Waals surface area contributed by atoms with Crippen LogP contribution in [0.4, 0.5) is 29.3 Å². The number of pyridine rings is 2. The molecule has 3 atom stereocenters. The SMILES string of the molecule is COC(=O)NC1C(C)CN(c2ccncc2NC(=O)c2ccc(F)c(-c3c(F)cc(OC)cc3F)n2)CC1N. The molecule has 1 aliphatic rings. The Morgan fingerprint density at radius 2 is 1.79 bits per heavy atom. The number of piperidine rings is 1. The number of nitrogens with zero attached hydrogens (tertiary/aromatic N) is 3. The van der Waals surface area contributed by atoms with Crippen LogP contribution in [0.2, 0.25) is 0 Å². The molecule has 39 heavy (non-hydrogen) atoms. The molecule has 0 saturated carbocycles. The number of carbonyl (C=O) groups is 2. The number of benzene rings is 1. The molecule has 2 aromatic heterocycles. The van der Waals surface area contributed by atoms with E-state index in [0.29, 0.717) is 24.5 Å². The number of hydrogen-bond donors (Lipinski definition) is 3. The number of nitrogens with two attached hydrogens (primary N) is 1. The highest BCUT2D eigenvalue weighted by Crippen LogP contribution is 2.32. The molecule has 4 rings (SSSR count). The summed E-state index contributed by atoms with van der Waals surface area (Å²) in [6.07, 6.45) is 2.40. The zero-order chi connectivity index (χ0) is 28.3. The lowest BCUT2D eigenvalue weighted by molar-refractivity contribution is 0.102. The number of halogens is 3. The summed E-state index contributed by atoms with van der Waals surface area (Å²) >= 11 is 0. The first-order valence-electron chi connectivity index (χ1n) is 11.9. The van der Waals surface area contributed by atoms with E-state index in [-0.39, 0.29) is 23.4 Å². The summed E-state index contributed by atoms with van der Waals surface area (Å²) < 4.78 is 53.3. The summed E-state index contributed by atoms with van der Waals surface area (Å²) in [5, 5.41) is 5.44. The van der Waals surface area contributed by atoms with Crippen LogP contribution in [0.1, 0.15) is 17.4 Å². The van der Waals surface area contributed by atoms with Gasteiger partial charge in [0.25, 0.3) is 5.91 Å². The number of aromatic nitrogens is 2. The van der Waals surface area contributed by atoms with Crippen molar-refractivity contribution in [3.63, 3.8) is 0 Å². The van der Waals surface area contributed by atoms with Crippen LogP contribution in [0.5, 0.6) is 5.75 Å². The van der Waals surface area contributed by atoms with Gasteiger partial charge in [-0.05, 0) is 24.1 Å². The standard InChI is InChI=1S/C26H27F3N6O4/c1-13-11-35(12-18(30)23(13)34-26(37)39-3)21-6-7-31-10-20(21)33-25(36)19-5-4-15(27)24(32-19)22-16(28)8-14(38-2)9-17(22)29/h4-10,13,18,23H,11-12,30H2,1-3H3,(H,33,36)(H,34,37). The number of nitrogens with one attached hydrogen (secondary N) is 2. The van der Waals surface area contributed by atoms with Gasteiger partial charge in [0.1, 0.15) is 34.6 Å². The number of carbonyl (C=O) groups excluding carboxylic acids is 2. The first-order chi connectivity index (χ1) is 18.6. The molecule has 1 aromatic carbocycles. The van der Waals surface area contributed by atoms with Gasteiger partial charge in [0.15, 0.2) is 0 Å². The monoisotopic (exact) mass is 544 g/mol. The first kappa shape index (κ1) is 27.6. The maximum Gasteiger partial charge on any atom is 0.407 e. The molecule has 3 unspecified atom stereocenters. The number of anilines is 2. The molecule has 0 radical (unpaired) electrons. The van der Waals surface area contributed by atoms with Crippen molar-refractivity contribution >= 4 is 23.4 Å². The number of ether oxygens (including phenoxy) is 2. The quantitative estimate of drug-likeness (QED) is 0.431. The van der Waals surface area contributed by atoms with E-state index in [2.05, 4.69) is 25.3 Å². The summed E-state index contributed by atoms with van der Waals surface area (Å²) in [5.41, 5.74) is 5.60. The van der Waals surface area contributed by atoms with Gasteiger partial charge in [-0.25, -0.2) is 22.9 Å². The van der Waals surface area contributed by atoms with Crippen LogP contribution in [-0.2, 0) is 4.74 Å². The van der Waals surface area contributed by atoms with E-state index in [1.54, 1.807) is 12.3 Å². The van der Waals surface area contributed by atoms with Crippen molar-refractivity contribution in [3.05, 3.63) is 65.9 Å². The second kappa shape index (κ2) is 11.6. The van der Waals surface area contributed by atoms with Gasteiger partial charge >= 0.3 is 6.09 Å². The molecular weight excluding hydrogens is 517 g/mol. The summed E-state index contributed by atoms with van der Waals surface area (Å²) in [5.74, 6) is -4.12. The Balaban J connectivity index is 1.58. The van der Waals surface area contributed by atoms with E-state index in [4.69, 9.17) is 10.5 Å².